The van der Waals surface area contributed by atoms with Gasteiger partial charge in [-0.25, -0.2) is 9.59 Å². The Morgan fingerprint density at radius 2 is 1.86 bits per heavy atom. The Morgan fingerprint density at radius 3 is 2.41 bits per heavy atom. The molecule has 7 nitrogen and oxygen atoms in total. The maximum Gasteiger partial charge on any atom is 0.408 e. The van der Waals surface area contributed by atoms with Gasteiger partial charge < -0.3 is 19.9 Å². The summed E-state index contributed by atoms with van der Waals surface area (Å²) in [6.45, 7) is 1.29. The van der Waals surface area contributed by atoms with Gasteiger partial charge in [-0.1, -0.05) is 30.3 Å². The van der Waals surface area contributed by atoms with Gasteiger partial charge >= 0.3 is 12.1 Å². The van der Waals surface area contributed by atoms with Gasteiger partial charge in [0.2, 0.25) is 0 Å². The summed E-state index contributed by atoms with van der Waals surface area (Å²) in [4.78, 5) is 34.3. The van der Waals surface area contributed by atoms with E-state index in [1.807, 2.05) is 6.07 Å². The van der Waals surface area contributed by atoms with Gasteiger partial charge in [0.25, 0.3) is 0 Å². The molecule has 0 bridgehead atoms. The van der Waals surface area contributed by atoms with Crippen molar-refractivity contribution in [1.29, 1.82) is 0 Å². The molecule has 0 aromatic heterocycles. The molecule has 7 heteroatoms. The molecule has 0 aliphatic rings. The topological polar surface area (TPSA) is 102 Å². The van der Waals surface area contributed by atoms with Crippen molar-refractivity contribution >= 4 is 17.8 Å². The van der Waals surface area contributed by atoms with E-state index < -0.39 is 24.2 Å². The first-order chi connectivity index (χ1) is 10.4. The van der Waals surface area contributed by atoms with Crippen molar-refractivity contribution < 1.29 is 29.0 Å². The summed E-state index contributed by atoms with van der Waals surface area (Å²) in [6, 6.07) is 7.60. The fraction of sp³-hybridized carbons (Fsp3) is 0.400. The zero-order chi connectivity index (χ0) is 16.5. The molecule has 0 radical (unpaired) electrons. The second kappa shape index (κ2) is 8.78. The number of carbonyl (C=O) groups excluding carboxylic acids is 3. The lowest BCUT2D eigenvalue weighted by molar-refractivity contribution is -0.146. The highest BCUT2D eigenvalue weighted by molar-refractivity contribution is 5.83. The van der Waals surface area contributed by atoms with Crippen LogP contribution in [0.1, 0.15) is 18.9 Å². The van der Waals surface area contributed by atoms with E-state index in [-0.39, 0.29) is 18.8 Å². The maximum absolute atomic E-state index is 11.7. The first kappa shape index (κ1) is 17.6. The molecule has 0 fully saturated rings. The van der Waals surface area contributed by atoms with E-state index >= 15 is 0 Å². The van der Waals surface area contributed by atoms with Gasteiger partial charge in [-0.05, 0) is 12.5 Å². The van der Waals surface area contributed by atoms with Crippen LogP contribution < -0.4 is 5.32 Å². The Balaban J connectivity index is 2.58. The third kappa shape index (κ3) is 5.92. The SMILES string of the molecule is COC(=O)[C@@H](NC(=O)OCc1ccccc1)[C@@H](O)CC(C)=O. The molecule has 0 saturated heterocycles. The smallest absolute Gasteiger partial charge is 0.408 e. The first-order valence-electron chi connectivity index (χ1n) is 6.66. The number of carbonyl (C=O) groups is 3. The second-order valence-corrected chi connectivity index (χ2v) is 4.68. The maximum atomic E-state index is 11.7. The molecule has 0 aliphatic carbocycles. The number of ketones is 1. The van der Waals surface area contributed by atoms with Crippen LogP contribution in [0.3, 0.4) is 0 Å². The Hall–Kier alpha value is -2.41. The van der Waals surface area contributed by atoms with E-state index in [0.29, 0.717) is 0 Å². The van der Waals surface area contributed by atoms with E-state index in [1.165, 1.54) is 6.92 Å². The molecule has 120 valence electrons. The predicted octanol–water partition coefficient (Wildman–Crippen LogP) is 0.794. The standard InChI is InChI=1S/C15H19NO6/c1-10(17)8-12(18)13(14(19)21-2)16-15(20)22-9-11-6-4-3-5-7-11/h3-7,12-13,18H,8-9H2,1-2H3,(H,16,20)/t12-,13-/m0/s1. The van der Waals surface area contributed by atoms with Crippen LogP contribution in [0.2, 0.25) is 0 Å². The molecular formula is C15H19NO6. The fourth-order valence-corrected chi connectivity index (χ4v) is 1.74. The van der Waals surface area contributed by atoms with Crippen LogP contribution in [-0.4, -0.2) is 42.2 Å². The number of hydrogen-bond donors (Lipinski definition) is 2. The largest absolute Gasteiger partial charge is 0.467 e. The molecule has 0 unspecified atom stereocenters. The van der Waals surface area contributed by atoms with Gasteiger partial charge in [-0.3, -0.25) is 4.79 Å². The van der Waals surface area contributed by atoms with Gasteiger partial charge in [-0.15, -0.1) is 0 Å². The fourth-order valence-electron chi connectivity index (χ4n) is 1.74. The molecule has 0 saturated carbocycles. The van der Waals surface area contributed by atoms with Crippen molar-refractivity contribution in [3.63, 3.8) is 0 Å². The minimum absolute atomic E-state index is 0.0172. The molecule has 2 atom stereocenters. The molecule has 22 heavy (non-hydrogen) atoms. The normalized spacial score (nSPS) is 12.9. The third-order valence-electron chi connectivity index (χ3n) is 2.82. The van der Waals surface area contributed by atoms with Crippen molar-refractivity contribution in [2.24, 2.45) is 0 Å². The highest BCUT2D eigenvalue weighted by atomic mass is 16.6. The minimum Gasteiger partial charge on any atom is -0.467 e. The lowest BCUT2D eigenvalue weighted by atomic mass is 10.1. The van der Waals surface area contributed by atoms with Crippen molar-refractivity contribution in [2.75, 3.05) is 7.11 Å². The summed E-state index contributed by atoms with van der Waals surface area (Å²) in [5.41, 5.74) is 0.775. The zero-order valence-corrected chi connectivity index (χ0v) is 12.4. The summed E-state index contributed by atoms with van der Waals surface area (Å²) in [6.07, 6.45) is -2.55. The lowest BCUT2D eigenvalue weighted by Crippen LogP contribution is -2.50. The number of aliphatic hydroxyl groups excluding tert-OH is 1. The molecule has 1 amide bonds. The molecule has 1 rings (SSSR count). The van der Waals surface area contributed by atoms with E-state index in [4.69, 9.17) is 4.74 Å². The molecule has 0 heterocycles. The number of methoxy groups -OCH3 is 1. The number of amides is 1. The molecule has 1 aromatic carbocycles. The van der Waals surface area contributed by atoms with Gasteiger partial charge in [0.1, 0.15) is 12.4 Å². The quantitative estimate of drug-likeness (QED) is 0.722. The van der Waals surface area contributed by atoms with Gasteiger partial charge in [0.05, 0.1) is 13.2 Å². The summed E-state index contributed by atoms with van der Waals surface area (Å²) in [7, 11) is 1.12. The number of aliphatic hydroxyl groups is 1. The number of benzene rings is 1. The first-order valence-corrected chi connectivity index (χ1v) is 6.66. The second-order valence-electron chi connectivity index (χ2n) is 4.68. The highest BCUT2D eigenvalue weighted by Crippen LogP contribution is 2.05. The molecule has 2 N–H and O–H groups in total. The number of ether oxygens (including phenoxy) is 2. The van der Waals surface area contributed by atoms with Crippen molar-refractivity contribution in [3.8, 4) is 0 Å². The van der Waals surface area contributed by atoms with Crippen LogP contribution in [0, 0.1) is 0 Å². The predicted molar refractivity (Wildman–Crippen MR) is 76.9 cm³/mol. The van der Waals surface area contributed by atoms with E-state index in [1.54, 1.807) is 24.3 Å². The lowest BCUT2D eigenvalue weighted by Gasteiger charge is -2.20. The minimum atomic E-state index is -1.38. The molecule has 0 spiro atoms. The monoisotopic (exact) mass is 309 g/mol. The number of rotatable bonds is 7. The molecule has 0 aliphatic heterocycles. The number of alkyl carbamates (subject to hydrolysis) is 1. The highest BCUT2D eigenvalue weighted by Gasteiger charge is 2.30. The van der Waals surface area contributed by atoms with Gasteiger partial charge in [0.15, 0.2) is 6.04 Å². The average Bonchev–Trinajstić information content (AvgIpc) is 2.50. The summed E-state index contributed by atoms with van der Waals surface area (Å²) in [5, 5.41) is 12.0. The summed E-state index contributed by atoms with van der Waals surface area (Å²) in [5.74, 6) is -1.17. The number of hydrogen-bond acceptors (Lipinski definition) is 6. The molecular weight excluding hydrogens is 290 g/mol. The van der Waals surface area contributed by atoms with Crippen LogP contribution in [0.4, 0.5) is 4.79 Å². The summed E-state index contributed by atoms with van der Waals surface area (Å²) >= 11 is 0. The average molecular weight is 309 g/mol. The number of esters is 1. The van der Waals surface area contributed by atoms with E-state index in [0.717, 1.165) is 12.7 Å². The van der Waals surface area contributed by atoms with Gasteiger partial charge in [0, 0.05) is 6.42 Å². The Kier molecular flexibility index (Phi) is 7.04. The Bertz CT molecular complexity index is 516. The molecule has 1 aromatic rings. The number of nitrogens with one attached hydrogen (secondary N) is 1. The van der Waals surface area contributed by atoms with Crippen LogP contribution in [-0.2, 0) is 25.7 Å². The van der Waals surface area contributed by atoms with Crippen LogP contribution in [0.15, 0.2) is 30.3 Å². The zero-order valence-electron chi connectivity index (χ0n) is 12.4. The third-order valence-corrected chi connectivity index (χ3v) is 2.82. The van der Waals surface area contributed by atoms with E-state index in [2.05, 4.69) is 10.1 Å². The van der Waals surface area contributed by atoms with Crippen molar-refractivity contribution in [3.05, 3.63) is 35.9 Å². The van der Waals surface area contributed by atoms with Crippen molar-refractivity contribution in [2.45, 2.75) is 32.1 Å². The van der Waals surface area contributed by atoms with Gasteiger partial charge in [-0.2, -0.15) is 0 Å². The number of Topliss-reactive ketones (excluding diaryl/α,β-unsaturated/α-hetero) is 1. The Labute approximate surface area is 128 Å². The summed E-state index contributed by atoms with van der Waals surface area (Å²) < 4.78 is 9.45. The van der Waals surface area contributed by atoms with E-state index in [9.17, 15) is 19.5 Å². The van der Waals surface area contributed by atoms with Crippen LogP contribution in [0.25, 0.3) is 0 Å². The Morgan fingerprint density at radius 1 is 1.23 bits per heavy atom. The van der Waals surface area contributed by atoms with Crippen LogP contribution in [0.5, 0.6) is 0 Å². The van der Waals surface area contributed by atoms with Crippen molar-refractivity contribution in [1.82, 2.24) is 5.32 Å². The van der Waals surface area contributed by atoms with Crippen LogP contribution >= 0.6 is 0 Å².